The van der Waals surface area contributed by atoms with Crippen molar-refractivity contribution in [3.8, 4) is 11.6 Å². The van der Waals surface area contributed by atoms with Crippen molar-refractivity contribution in [3.05, 3.63) is 76.3 Å². The third-order valence-corrected chi connectivity index (χ3v) is 6.98. The van der Waals surface area contributed by atoms with Gasteiger partial charge in [0.1, 0.15) is 18.1 Å². The molecule has 1 N–H and O–H groups in total. The van der Waals surface area contributed by atoms with Crippen molar-refractivity contribution in [2.45, 2.75) is 57.4 Å². The number of aliphatic carboxylic acids is 1. The number of fused-ring (bicyclic) bond motifs is 1. The summed E-state index contributed by atoms with van der Waals surface area (Å²) in [5, 5.41) is 9.29. The number of carbonyl (C=O) groups is 1. The van der Waals surface area contributed by atoms with E-state index in [2.05, 4.69) is 55.1 Å². The second-order valence-electron chi connectivity index (χ2n) is 9.02. The second-order valence-corrected chi connectivity index (χ2v) is 9.94. The first-order chi connectivity index (χ1) is 17.0. The number of rotatable bonds is 8. The van der Waals surface area contributed by atoms with E-state index in [9.17, 15) is 9.90 Å². The average Bonchev–Trinajstić information content (AvgIpc) is 3.26. The van der Waals surface area contributed by atoms with Gasteiger partial charge in [0.05, 0.1) is 6.33 Å². The molecule has 4 aromatic rings. The molecule has 0 radical (unpaired) electrons. The Balaban J connectivity index is 1.39. The van der Waals surface area contributed by atoms with Gasteiger partial charge in [0.15, 0.2) is 11.2 Å². The number of carboxylic acids is 1. The fourth-order valence-electron chi connectivity index (χ4n) is 4.70. The highest BCUT2D eigenvalue weighted by Crippen LogP contribution is 2.33. The third-order valence-electron chi connectivity index (χ3n) is 6.49. The van der Waals surface area contributed by atoms with Gasteiger partial charge in [-0.2, -0.15) is 4.98 Å². The highest BCUT2D eigenvalue weighted by Gasteiger charge is 2.18. The lowest BCUT2D eigenvalue weighted by atomic mass is 9.84. The van der Waals surface area contributed by atoms with Gasteiger partial charge in [-0.3, -0.25) is 4.79 Å². The smallest absolute Gasteiger partial charge is 0.323 e. The van der Waals surface area contributed by atoms with Crippen molar-refractivity contribution in [2.24, 2.45) is 0 Å². The van der Waals surface area contributed by atoms with Crippen LogP contribution in [0.2, 0.25) is 0 Å². The summed E-state index contributed by atoms with van der Waals surface area (Å²) < 4.78 is 8.45. The molecule has 2 heterocycles. The first-order valence-corrected chi connectivity index (χ1v) is 12.8. The molecule has 0 aliphatic heterocycles. The van der Waals surface area contributed by atoms with Crippen LogP contribution < -0.4 is 4.74 Å². The van der Waals surface area contributed by atoms with Crippen LogP contribution in [-0.4, -0.2) is 30.6 Å². The summed E-state index contributed by atoms with van der Waals surface area (Å²) in [6.45, 7) is -0.230. The molecule has 7 nitrogen and oxygen atoms in total. The minimum absolute atomic E-state index is 0.230. The molecule has 0 bridgehead atoms. The standard InChI is InChI=1S/C27H27BrN4O3/c28-21-7-4-8-22(15-21)35-27-25-26(32(17-29-25)16-24(33)34)30-23(31-27)14-11-18-9-12-20(13-10-18)19-5-2-1-3-6-19/h4,7-10,12-13,15,17,19H,1-3,5-6,11,14,16H2,(H,33,34). The molecule has 1 aliphatic rings. The summed E-state index contributed by atoms with van der Waals surface area (Å²) in [6, 6.07) is 16.4. The summed E-state index contributed by atoms with van der Waals surface area (Å²) >= 11 is 3.45. The quantitative estimate of drug-likeness (QED) is 0.285. The summed E-state index contributed by atoms with van der Waals surface area (Å²) in [4.78, 5) is 25.0. The van der Waals surface area contributed by atoms with Crippen molar-refractivity contribution < 1.29 is 14.6 Å². The summed E-state index contributed by atoms with van der Waals surface area (Å²) in [5.74, 6) is 1.25. The predicted octanol–water partition coefficient (Wildman–Crippen LogP) is 6.30. The Morgan fingerprint density at radius 2 is 1.86 bits per heavy atom. The number of aromatic nitrogens is 4. The van der Waals surface area contributed by atoms with Crippen molar-refractivity contribution in [1.29, 1.82) is 0 Å². The van der Waals surface area contributed by atoms with Gasteiger partial charge in [-0.25, -0.2) is 9.97 Å². The maximum atomic E-state index is 11.3. The first-order valence-electron chi connectivity index (χ1n) is 12.0. The first kappa shape index (κ1) is 23.5. The predicted molar refractivity (Wildman–Crippen MR) is 137 cm³/mol. The molecule has 8 heteroatoms. The Hall–Kier alpha value is -3.26. The highest BCUT2D eigenvalue weighted by atomic mass is 79.9. The number of hydrogen-bond donors (Lipinski definition) is 1. The van der Waals surface area contributed by atoms with E-state index in [4.69, 9.17) is 4.74 Å². The fourth-order valence-corrected chi connectivity index (χ4v) is 5.07. The summed E-state index contributed by atoms with van der Waals surface area (Å²) in [6.07, 6.45) is 9.44. The number of ether oxygens (including phenoxy) is 1. The van der Waals surface area contributed by atoms with Gasteiger partial charge in [-0.15, -0.1) is 0 Å². The molecule has 2 aromatic carbocycles. The Bertz CT molecular complexity index is 1330. The number of carboxylic acid groups (broad SMARTS) is 1. The summed E-state index contributed by atoms with van der Waals surface area (Å²) in [5.41, 5.74) is 3.55. The van der Waals surface area contributed by atoms with Gasteiger partial charge in [0, 0.05) is 10.9 Å². The number of aryl methyl sites for hydroxylation is 2. The van der Waals surface area contributed by atoms with E-state index in [0.717, 1.165) is 10.9 Å². The highest BCUT2D eigenvalue weighted by molar-refractivity contribution is 9.10. The number of halogens is 1. The minimum Gasteiger partial charge on any atom is -0.480 e. The van der Waals surface area contributed by atoms with E-state index < -0.39 is 5.97 Å². The van der Waals surface area contributed by atoms with E-state index in [1.165, 1.54) is 54.1 Å². The van der Waals surface area contributed by atoms with Gasteiger partial charge in [0.25, 0.3) is 5.88 Å². The zero-order valence-corrected chi connectivity index (χ0v) is 20.9. The Morgan fingerprint density at radius 1 is 1.06 bits per heavy atom. The molecule has 0 spiro atoms. The zero-order valence-electron chi connectivity index (χ0n) is 19.4. The fraction of sp³-hybridized carbons (Fsp3) is 0.333. The number of imidazole rings is 1. The van der Waals surface area contributed by atoms with Crippen LogP contribution in [0.4, 0.5) is 0 Å². The van der Waals surface area contributed by atoms with E-state index in [1.54, 1.807) is 0 Å². The number of benzene rings is 2. The number of nitrogens with zero attached hydrogens (tertiary/aromatic N) is 4. The molecular formula is C27H27BrN4O3. The molecule has 180 valence electrons. The Kier molecular flexibility index (Phi) is 7.08. The van der Waals surface area contributed by atoms with Crippen molar-refractivity contribution in [1.82, 2.24) is 19.5 Å². The SMILES string of the molecule is O=C(O)Cn1cnc2c(Oc3cccc(Br)c3)nc(CCc3ccc(C4CCCCC4)cc3)nc21. The van der Waals surface area contributed by atoms with Crippen LogP contribution >= 0.6 is 15.9 Å². The normalized spacial score (nSPS) is 14.3. The lowest BCUT2D eigenvalue weighted by Crippen LogP contribution is -2.09. The largest absolute Gasteiger partial charge is 0.480 e. The average molecular weight is 535 g/mol. The monoisotopic (exact) mass is 534 g/mol. The van der Waals surface area contributed by atoms with Crippen molar-refractivity contribution in [3.63, 3.8) is 0 Å². The Morgan fingerprint density at radius 3 is 2.60 bits per heavy atom. The topological polar surface area (TPSA) is 90.1 Å². The van der Waals surface area contributed by atoms with Gasteiger partial charge in [-0.1, -0.05) is 65.5 Å². The second kappa shape index (κ2) is 10.6. The lowest BCUT2D eigenvalue weighted by Gasteiger charge is -2.22. The molecule has 0 saturated heterocycles. The molecule has 1 aliphatic carbocycles. The minimum atomic E-state index is -0.961. The van der Waals surface area contributed by atoms with Crippen molar-refractivity contribution in [2.75, 3.05) is 0 Å². The van der Waals surface area contributed by atoms with Gasteiger partial charge in [-0.05, 0) is 54.5 Å². The van der Waals surface area contributed by atoms with E-state index in [1.807, 2.05) is 24.3 Å². The van der Waals surface area contributed by atoms with Gasteiger partial charge >= 0.3 is 5.97 Å². The van der Waals surface area contributed by atoms with Crippen LogP contribution in [-0.2, 0) is 24.2 Å². The van der Waals surface area contributed by atoms with E-state index >= 15 is 0 Å². The summed E-state index contributed by atoms with van der Waals surface area (Å²) in [7, 11) is 0. The van der Waals surface area contributed by atoms with Gasteiger partial charge in [0.2, 0.25) is 0 Å². The molecule has 5 rings (SSSR count). The molecule has 0 amide bonds. The molecule has 1 fully saturated rings. The van der Waals surface area contributed by atoms with Crippen LogP contribution in [0.5, 0.6) is 11.6 Å². The van der Waals surface area contributed by atoms with Gasteiger partial charge < -0.3 is 14.4 Å². The Labute approximate surface area is 212 Å². The molecular weight excluding hydrogens is 508 g/mol. The molecule has 2 aromatic heterocycles. The molecule has 0 unspecified atom stereocenters. The van der Waals surface area contributed by atoms with E-state index in [-0.39, 0.29) is 6.54 Å². The third kappa shape index (κ3) is 5.70. The lowest BCUT2D eigenvalue weighted by molar-refractivity contribution is -0.137. The van der Waals surface area contributed by atoms with Crippen LogP contribution in [0.15, 0.2) is 59.3 Å². The molecule has 0 atom stereocenters. The van der Waals surface area contributed by atoms with Crippen molar-refractivity contribution >= 4 is 33.1 Å². The zero-order chi connectivity index (χ0) is 24.2. The molecule has 35 heavy (non-hydrogen) atoms. The van der Waals surface area contributed by atoms with Crippen LogP contribution in [0.1, 0.15) is 55.0 Å². The van der Waals surface area contributed by atoms with Crippen LogP contribution in [0.25, 0.3) is 11.2 Å². The van der Waals surface area contributed by atoms with E-state index in [0.29, 0.717) is 41.0 Å². The van der Waals surface area contributed by atoms with Crippen LogP contribution in [0.3, 0.4) is 0 Å². The maximum absolute atomic E-state index is 11.3. The molecule has 1 saturated carbocycles. The van der Waals surface area contributed by atoms with Crippen LogP contribution in [0, 0.1) is 0 Å². The maximum Gasteiger partial charge on any atom is 0.323 e. The number of hydrogen-bond acceptors (Lipinski definition) is 5.